The van der Waals surface area contributed by atoms with E-state index in [9.17, 15) is 9.18 Å². The van der Waals surface area contributed by atoms with E-state index < -0.39 is 5.82 Å². The van der Waals surface area contributed by atoms with Gasteiger partial charge in [-0.3, -0.25) is 9.78 Å². The van der Waals surface area contributed by atoms with Gasteiger partial charge in [0, 0.05) is 30.1 Å². The molecule has 34 heavy (non-hydrogen) atoms. The molecule has 0 bridgehead atoms. The van der Waals surface area contributed by atoms with E-state index in [1.807, 2.05) is 12.1 Å². The van der Waals surface area contributed by atoms with Crippen LogP contribution in [0, 0.1) is 12.7 Å². The van der Waals surface area contributed by atoms with E-state index in [1.165, 1.54) is 6.07 Å². The van der Waals surface area contributed by atoms with Crippen molar-refractivity contribution in [1.82, 2.24) is 24.9 Å². The Morgan fingerprint density at radius 1 is 1.24 bits per heavy atom. The molecule has 1 aromatic carbocycles. The number of benzene rings is 1. The molecule has 4 aromatic rings. The number of carbonyl (C=O) groups excluding carboxylic acids is 1. The maximum Gasteiger partial charge on any atom is 0.253 e. The van der Waals surface area contributed by atoms with Crippen LogP contribution in [0.15, 0.2) is 48.8 Å². The molecule has 0 spiro atoms. The molecule has 9 heteroatoms. The number of nitrogens with zero attached hydrogens (tertiary/aromatic N) is 4. The summed E-state index contributed by atoms with van der Waals surface area (Å²) in [6.45, 7) is 1.78. The minimum Gasteiger partial charge on any atom is -0.490 e. The van der Waals surface area contributed by atoms with Gasteiger partial charge in [-0.05, 0) is 68.5 Å². The Morgan fingerprint density at radius 3 is 2.88 bits per heavy atom. The fourth-order valence-corrected chi connectivity index (χ4v) is 4.27. The van der Waals surface area contributed by atoms with E-state index in [1.54, 1.807) is 42.0 Å². The standard InChI is InChI=1S/C25H25FN6O2/c1-15-19(11-17(13-28-15)16-9-10-32-23(12-16)30-25(27)31-32)24(33)29-14-20-21(26)7-4-8-22(20)34-18-5-2-3-6-18/h4,7-13,18H,2-3,5-6,14H2,1H3,(H2,27,31)(H,29,33). The van der Waals surface area contributed by atoms with Crippen molar-refractivity contribution in [2.45, 2.75) is 45.3 Å². The summed E-state index contributed by atoms with van der Waals surface area (Å²) in [6.07, 6.45) is 7.70. The summed E-state index contributed by atoms with van der Waals surface area (Å²) in [6, 6.07) is 10.2. The Bertz CT molecular complexity index is 1360. The first-order chi connectivity index (χ1) is 16.5. The van der Waals surface area contributed by atoms with Crippen LogP contribution in [0.3, 0.4) is 0 Å². The Balaban J connectivity index is 1.36. The summed E-state index contributed by atoms with van der Waals surface area (Å²) in [5, 5.41) is 6.90. The molecule has 0 atom stereocenters. The highest BCUT2D eigenvalue weighted by molar-refractivity contribution is 5.96. The number of aromatic nitrogens is 4. The summed E-state index contributed by atoms with van der Waals surface area (Å²) in [5.41, 5.74) is 9.16. The Hall–Kier alpha value is -4.01. The maximum atomic E-state index is 14.6. The van der Waals surface area contributed by atoms with Crippen molar-refractivity contribution in [1.29, 1.82) is 0 Å². The minimum absolute atomic E-state index is 0.0161. The van der Waals surface area contributed by atoms with E-state index in [0.29, 0.717) is 28.2 Å². The highest BCUT2D eigenvalue weighted by Gasteiger charge is 2.20. The number of fused-ring (bicyclic) bond motifs is 1. The first-order valence-corrected chi connectivity index (χ1v) is 11.3. The lowest BCUT2D eigenvalue weighted by Gasteiger charge is -2.17. The van der Waals surface area contributed by atoms with Gasteiger partial charge in [0.25, 0.3) is 5.91 Å². The molecule has 8 nitrogen and oxygen atoms in total. The molecule has 3 N–H and O–H groups in total. The van der Waals surface area contributed by atoms with Crippen molar-refractivity contribution in [3.63, 3.8) is 0 Å². The van der Waals surface area contributed by atoms with Gasteiger partial charge in [0.2, 0.25) is 5.95 Å². The van der Waals surface area contributed by atoms with Crippen molar-refractivity contribution in [3.05, 3.63) is 71.4 Å². The second-order valence-corrected chi connectivity index (χ2v) is 8.47. The summed E-state index contributed by atoms with van der Waals surface area (Å²) < 4.78 is 22.2. The monoisotopic (exact) mass is 460 g/mol. The number of pyridine rings is 2. The number of hydrogen-bond donors (Lipinski definition) is 2. The summed E-state index contributed by atoms with van der Waals surface area (Å²) >= 11 is 0. The van der Waals surface area contributed by atoms with Crippen molar-refractivity contribution in [3.8, 4) is 16.9 Å². The maximum absolute atomic E-state index is 14.6. The molecular formula is C25H25FN6O2. The van der Waals surface area contributed by atoms with Crippen LogP contribution < -0.4 is 15.8 Å². The quantitative estimate of drug-likeness (QED) is 0.449. The van der Waals surface area contributed by atoms with E-state index in [2.05, 4.69) is 20.4 Å². The summed E-state index contributed by atoms with van der Waals surface area (Å²) in [5.74, 6) is -0.0738. The van der Waals surface area contributed by atoms with Gasteiger partial charge in [-0.15, -0.1) is 5.10 Å². The lowest BCUT2D eigenvalue weighted by Crippen LogP contribution is -2.25. The van der Waals surface area contributed by atoms with Gasteiger partial charge in [-0.2, -0.15) is 4.98 Å². The van der Waals surface area contributed by atoms with E-state index in [4.69, 9.17) is 10.5 Å². The zero-order valence-electron chi connectivity index (χ0n) is 18.8. The largest absolute Gasteiger partial charge is 0.490 e. The number of amides is 1. The SMILES string of the molecule is Cc1ncc(-c2ccn3nc(N)nc3c2)cc1C(=O)NCc1c(F)cccc1OC1CCCC1. The average molecular weight is 461 g/mol. The predicted octanol–water partition coefficient (Wildman–Crippen LogP) is 4.07. The van der Waals surface area contributed by atoms with Gasteiger partial charge in [-0.1, -0.05) is 6.07 Å². The molecule has 1 aliphatic carbocycles. The number of aryl methyl sites for hydroxylation is 1. The molecule has 0 radical (unpaired) electrons. The third-order valence-electron chi connectivity index (χ3n) is 6.12. The zero-order chi connectivity index (χ0) is 23.7. The first kappa shape index (κ1) is 21.8. The zero-order valence-corrected chi connectivity index (χ0v) is 18.8. The molecule has 1 fully saturated rings. The van der Waals surface area contributed by atoms with Crippen LogP contribution in [0.1, 0.15) is 47.3 Å². The second kappa shape index (κ2) is 9.09. The lowest BCUT2D eigenvalue weighted by atomic mass is 10.0. The highest BCUT2D eigenvalue weighted by Crippen LogP contribution is 2.28. The van der Waals surface area contributed by atoms with E-state index >= 15 is 0 Å². The number of nitrogen functional groups attached to an aromatic ring is 1. The number of nitrogens with two attached hydrogens (primary N) is 1. The Kier molecular flexibility index (Phi) is 5.83. The van der Waals surface area contributed by atoms with Gasteiger partial charge in [0.15, 0.2) is 5.65 Å². The molecule has 3 aromatic heterocycles. The third-order valence-corrected chi connectivity index (χ3v) is 6.12. The molecule has 5 rings (SSSR count). The van der Waals surface area contributed by atoms with Crippen LogP contribution in [0.4, 0.5) is 10.3 Å². The van der Waals surface area contributed by atoms with Crippen molar-refractivity contribution >= 4 is 17.5 Å². The molecular weight excluding hydrogens is 435 g/mol. The molecule has 1 saturated carbocycles. The van der Waals surface area contributed by atoms with Crippen LogP contribution in [-0.4, -0.2) is 31.6 Å². The lowest BCUT2D eigenvalue weighted by molar-refractivity contribution is 0.0949. The predicted molar refractivity (Wildman–Crippen MR) is 126 cm³/mol. The van der Waals surface area contributed by atoms with Crippen molar-refractivity contribution in [2.24, 2.45) is 0 Å². The van der Waals surface area contributed by atoms with Crippen molar-refractivity contribution < 1.29 is 13.9 Å². The first-order valence-electron chi connectivity index (χ1n) is 11.3. The number of halogens is 1. The highest BCUT2D eigenvalue weighted by atomic mass is 19.1. The van der Waals surface area contributed by atoms with E-state index in [0.717, 1.165) is 36.8 Å². The van der Waals surface area contributed by atoms with Gasteiger partial charge in [-0.25, -0.2) is 8.91 Å². The topological polar surface area (TPSA) is 107 Å². The fourth-order valence-electron chi connectivity index (χ4n) is 4.27. The third kappa shape index (κ3) is 4.41. The molecule has 3 heterocycles. The molecule has 1 aliphatic rings. The number of rotatable bonds is 6. The van der Waals surface area contributed by atoms with Gasteiger partial charge in [0.1, 0.15) is 11.6 Å². The molecule has 1 amide bonds. The Morgan fingerprint density at radius 2 is 2.06 bits per heavy atom. The van der Waals surface area contributed by atoms with Crippen LogP contribution in [0.25, 0.3) is 16.8 Å². The summed E-state index contributed by atoms with van der Waals surface area (Å²) in [4.78, 5) is 21.6. The molecule has 0 unspecified atom stereocenters. The second-order valence-electron chi connectivity index (χ2n) is 8.47. The van der Waals surface area contributed by atoms with Gasteiger partial charge in [0.05, 0.1) is 17.4 Å². The molecule has 0 aliphatic heterocycles. The van der Waals surface area contributed by atoms with Gasteiger partial charge < -0.3 is 15.8 Å². The molecule has 174 valence electrons. The number of ether oxygens (including phenoxy) is 1. The minimum atomic E-state index is -0.403. The normalized spacial score (nSPS) is 13.9. The summed E-state index contributed by atoms with van der Waals surface area (Å²) in [7, 11) is 0. The Labute approximate surface area is 196 Å². The number of carbonyl (C=O) groups is 1. The van der Waals surface area contributed by atoms with Crippen molar-refractivity contribution in [2.75, 3.05) is 5.73 Å². The smallest absolute Gasteiger partial charge is 0.253 e. The fraction of sp³-hybridized carbons (Fsp3) is 0.280. The average Bonchev–Trinajstić information content (AvgIpc) is 3.46. The van der Waals surface area contributed by atoms with Crippen LogP contribution >= 0.6 is 0 Å². The number of hydrogen-bond acceptors (Lipinski definition) is 6. The van der Waals surface area contributed by atoms with Crippen LogP contribution in [-0.2, 0) is 6.54 Å². The van der Waals surface area contributed by atoms with Gasteiger partial charge >= 0.3 is 0 Å². The number of anilines is 1. The van der Waals surface area contributed by atoms with Crippen LogP contribution in [0.5, 0.6) is 5.75 Å². The molecule has 0 saturated heterocycles. The number of nitrogens with one attached hydrogen (secondary N) is 1. The van der Waals surface area contributed by atoms with Crippen LogP contribution in [0.2, 0.25) is 0 Å². The van der Waals surface area contributed by atoms with E-state index in [-0.39, 0.29) is 24.5 Å².